The van der Waals surface area contributed by atoms with E-state index in [-0.39, 0.29) is 0 Å². The normalized spacial score (nSPS) is 11.1. The smallest absolute Gasteiger partial charge is 0.196 e. The summed E-state index contributed by atoms with van der Waals surface area (Å²) in [5.41, 5.74) is 1.75. The van der Waals surface area contributed by atoms with Gasteiger partial charge in [0.05, 0.1) is 11.4 Å². The molecule has 0 aromatic carbocycles. The van der Waals surface area contributed by atoms with E-state index in [0.29, 0.717) is 5.75 Å². The lowest BCUT2D eigenvalue weighted by Gasteiger charge is -1.96. The monoisotopic (exact) mass is 246 g/mol. The van der Waals surface area contributed by atoms with Gasteiger partial charge in [0, 0.05) is 12.3 Å². The lowest BCUT2D eigenvalue weighted by atomic mass is 10.4. The van der Waals surface area contributed by atoms with E-state index in [1.807, 2.05) is 41.8 Å². The summed E-state index contributed by atoms with van der Waals surface area (Å²) in [6, 6.07) is 7.75. The van der Waals surface area contributed by atoms with Gasteiger partial charge in [-0.15, -0.1) is 10.2 Å². The van der Waals surface area contributed by atoms with Crippen molar-refractivity contribution >= 4 is 17.4 Å². The zero-order valence-electron chi connectivity index (χ0n) is 9.20. The lowest BCUT2D eigenvalue weighted by molar-refractivity contribution is 0.391. The molecule has 0 aliphatic carbocycles. The Morgan fingerprint density at radius 1 is 1.35 bits per heavy atom. The summed E-state index contributed by atoms with van der Waals surface area (Å²) in [6.45, 7) is 1.91. The van der Waals surface area contributed by atoms with Gasteiger partial charge >= 0.3 is 0 Å². The molecule has 3 heterocycles. The highest BCUT2D eigenvalue weighted by Crippen LogP contribution is 2.21. The largest absolute Gasteiger partial charge is 0.360 e. The van der Waals surface area contributed by atoms with Crippen LogP contribution in [0.5, 0.6) is 0 Å². The minimum Gasteiger partial charge on any atom is -0.360 e. The van der Waals surface area contributed by atoms with Crippen LogP contribution < -0.4 is 0 Å². The van der Waals surface area contributed by atoms with Crippen LogP contribution in [-0.4, -0.2) is 19.8 Å². The quantitative estimate of drug-likeness (QED) is 0.664. The predicted molar refractivity (Wildman–Crippen MR) is 63.8 cm³/mol. The summed E-state index contributed by atoms with van der Waals surface area (Å²) in [5, 5.41) is 12.9. The topological polar surface area (TPSA) is 56.2 Å². The van der Waals surface area contributed by atoms with E-state index in [2.05, 4.69) is 15.4 Å². The average Bonchev–Trinajstić information content (AvgIpc) is 2.93. The van der Waals surface area contributed by atoms with Crippen molar-refractivity contribution < 1.29 is 4.52 Å². The van der Waals surface area contributed by atoms with E-state index in [0.717, 1.165) is 22.3 Å². The number of fused-ring (bicyclic) bond motifs is 1. The molecule has 3 aromatic heterocycles. The number of aryl methyl sites for hydroxylation is 1. The zero-order chi connectivity index (χ0) is 11.7. The number of thioether (sulfide) groups is 1. The summed E-state index contributed by atoms with van der Waals surface area (Å²) >= 11 is 1.58. The minimum atomic E-state index is 0.705. The molecule has 0 amide bonds. The second kappa shape index (κ2) is 4.21. The Bertz CT molecular complexity index is 646. The van der Waals surface area contributed by atoms with Crippen LogP contribution in [0.15, 0.2) is 40.1 Å². The van der Waals surface area contributed by atoms with Crippen molar-refractivity contribution in [1.29, 1.82) is 0 Å². The molecule has 0 aliphatic rings. The van der Waals surface area contributed by atoms with Gasteiger partial charge in [-0.1, -0.05) is 23.0 Å². The van der Waals surface area contributed by atoms with Gasteiger partial charge < -0.3 is 4.52 Å². The summed E-state index contributed by atoms with van der Waals surface area (Å²) in [6.07, 6.45) is 1.95. The van der Waals surface area contributed by atoms with Gasteiger partial charge in [-0.2, -0.15) is 0 Å². The first-order chi connectivity index (χ1) is 8.33. The molecule has 0 fully saturated rings. The fourth-order valence-corrected chi connectivity index (χ4v) is 2.34. The average molecular weight is 246 g/mol. The maximum absolute atomic E-state index is 5.15. The van der Waals surface area contributed by atoms with Crippen molar-refractivity contribution in [1.82, 2.24) is 19.8 Å². The Labute approximate surface area is 102 Å². The maximum Gasteiger partial charge on any atom is 0.196 e. The number of hydrogen-bond donors (Lipinski definition) is 0. The van der Waals surface area contributed by atoms with E-state index in [4.69, 9.17) is 4.52 Å². The number of nitrogens with zero attached hydrogens (tertiary/aromatic N) is 4. The molecule has 3 aromatic rings. The highest BCUT2D eigenvalue weighted by Gasteiger charge is 2.07. The Balaban J connectivity index is 1.81. The Morgan fingerprint density at radius 3 is 3.12 bits per heavy atom. The van der Waals surface area contributed by atoms with Crippen molar-refractivity contribution in [2.45, 2.75) is 17.8 Å². The van der Waals surface area contributed by atoms with Crippen LogP contribution in [0, 0.1) is 6.92 Å². The summed E-state index contributed by atoms with van der Waals surface area (Å²) in [7, 11) is 0. The predicted octanol–water partition coefficient (Wildman–Crippen LogP) is 2.32. The van der Waals surface area contributed by atoms with Crippen molar-refractivity contribution in [3.8, 4) is 0 Å². The summed E-state index contributed by atoms with van der Waals surface area (Å²) in [4.78, 5) is 0. The van der Waals surface area contributed by atoms with Crippen molar-refractivity contribution in [2.75, 3.05) is 0 Å². The summed E-state index contributed by atoms with van der Waals surface area (Å²) in [5.74, 6) is 1.55. The fourth-order valence-electron chi connectivity index (χ4n) is 1.54. The van der Waals surface area contributed by atoms with Crippen LogP contribution in [-0.2, 0) is 5.75 Å². The van der Waals surface area contributed by atoms with Gasteiger partial charge in [0.2, 0.25) is 0 Å². The number of rotatable bonds is 3. The van der Waals surface area contributed by atoms with Gasteiger partial charge in [0.15, 0.2) is 10.8 Å². The molecule has 17 heavy (non-hydrogen) atoms. The highest BCUT2D eigenvalue weighted by atomic mass is 32.2. The van der Waals surface area contributed by atoms with Crippen LogP contribution in [0.3, 0.4) is 0 Å². The molecule has 0 spiro atoms. The Morgan fingerprint density at radius 2 is 2.29 bits per heavy atom. The van der Waals surface area contributed by atoms with Crippen LogP contribution >= 0.6 is 11.8 Å². The van der Waals surface area contributed by atoms with E-state index in [1.54, 1.807) is 11.8 Å². The van der Waals surface area contributed by atoms with Gasteiger partial charge in [-0.3, -0.25) is 4.40 Å². The lowest BCUT2D eigenvalue weighted by Crippen LogP contribution is -1.86. The molecule has 6 heteroatoms. The molecule has 3 rings (SSSR count). The van der Waals surface area contributed by atoms with Gasteiger partial charge in [-0.25, -0.2) is 0 Å². The number of aromatic nitrogens is 4. The maximum atomic E-state index is 5.15. The van der Waals surface area contributed by atoms with E-state index >= 15 is 0 Å². The van der Waals surface area contributed by atoms with Crippen molar-refractivity contribution in [3.63, 3.8) is 0 Å². The Kier molecular flexibility index (Phi) is 2.56. The first kappa shape index (κ1) is 10.3. The number of hydrogen-bond acceptors (Lipinski definition) is 5. The molecule has 0 atom stereocenters. The molecular formula is C11H10N4OS. The highest BCUT2D eigenvalue weighted by molar-refractivity contribution is 7.98. The SMILES string of the molecule is Cc1cc(CSc2nnc3ccccn23)on1. The molecule has 86 valence electrons. The molecule has 0 unspecified atom stereocenters. The third kappa shape index (κ3) is 2.03. The first-order valence-electron chi connectivity index (χ1n) is 5.18. The number of pyridine rings is 1. The second-order valence-corrected chi connectivity index (χ2v) is 4.58. The Hall–Kier alpha value is -1.82. The van der Waals surface area contributed by atoms with Crippen molar-refractivity contribution in [2.24, 2.45) is 0 Å². The van der Waals surface area contributed by atoms with Crippen LogP contribution in [0.1, 0.15) is 11.5 Å². The molecule has 0 bridgehead atoms. The van der Waals surface area contributed by atoms with E-state index in [1.165, 1.54) is 0 Å². The molecule has 0 N–H and O–H groups in total. The molecular weight excluding hydrogens is 236 g/mol. The molecule has 0 aliphatic heterocycles. The van der Waals surface area contributed by atoms with Crippen molar-refractivity contribution in [3.05, 3.63) is 41.9 Å². The minimum absolute atomic E-state index is 0.705. The third-order valence-electron chi connectivity index (χ3n) is 2.30. The molecule has 5 nitrogen and oxygen atoms in total. The second-order valence-electron chi connectivity index (χ2n) is 3.63. The van der Waals surface area contributed by atoms with Gasteiger partial charge in [-0.05, 0) is 19.1 Å². The van der Waals surface area contributed by atoms with E-state index in [9.17, 15) is 0 Å². The third-order valence-corrected chi connectivity index (χ3v) is 3.27. The van der Waals surface area contributed by atoms with Gasteiger partial charge in [0.1, 0.15) is 5.76 Å². The molecule has 0 saturated heterocycles. The van der Waals surface area contributed by atoms with Crippen LogP contribution in [0.4, 0.5) is 0 Å². The fraction of sp³-hybridized carbons (Fsp3) is 0.182. The van der Waals surface area contributed by atoms with Crippen LogP contribution in [0.2, 0.25) is 0 Å². The molecule has 0 saturated carbocycles. The summed E-state index contributed by atoms with van der Waals surface area (Å²) < 4.78 is 7.10. The van der Waals surface area contributed by atoms with E-state index < -0.39 is 0 Å². The molecule has 0 radical (unpaired) electrons. The zero-order valence-corrected chi connectivity index (χ0v) is 10.0. The van der Waals surface area contributed by atoms with Gasteiger partial charge in [0.25, 0.3) is 0 Å². The standard InChI is InChI=1S/C11H10N4OS/c1-8-6-9(16-14-8)7-17-11-13-12-10-4-2-3-5-15(10)11/h2-6H,7H2,1H3. The first-order valence-corrected chi connectivity index (χ1v) is 6.16. The van der Waals surface area contributed by atoms with Crippen LogP contribution in [0.25, 0.3) is 5.65 Å².